The van der Waals surface area contributed by atoms with E-state index in [4.69, 9.17) is 4.74 Å². The van der Waals surface area contributed by atoms with E-state index in [9.17, 15) is 8.42 Å². The quantitative estimate of drug-likeness (QED) is 0.491. The number of benzene rings is 2. The Hall–Kier alpha value is -3.99. The fourth-order valence-corrected chi connectivity index (χ4v) is 5.29. The van der Waals surface area contributed by atoms with Crippen LogP contribution in [0.1, 0.15) is 11.3 Å². The summed E-state index contributed by atoms with van der Waals surface area (Å²) in [5.41, 5.74) is 3.18. The molecule has 10 nitrogen and oxygen atoms in total. The second-order valence-electron chi connectivity index (χ2n) is 7.60. The van der Waals surface area contributed by atoms with Crippen LogP contribution < -0.4 is 14.4 Å². The van der Waals surface area contributed by atoms with Crippen LogP contribution in [0.2, 0.25) is 0 Å². The third-order valence-electron chi connectivity index (χ3n) is 5.48. The highest BCUT2D eigenvalue weighted by Crippen LogP contribution is 2.43. The average molecular weight is 464 g/mol. The monoisotopic (exact) mass is 463 g/mol. The predicted molar refractivity (Wildman–Crippen MR) is 123 cm³/mol. The van der Waals surface area contributed by atoms with E-state index < -0.39 is 10.0 Å². The van der Waals surface area contributed by atoms with Crippen LogP contribution in [0.5, 0.6) is 5.75 Å². The van der Waals surface area contributed by atoms with Gasteiger partial charge in [-0.3, -0.25) is 4.31 Å². The molecule has 0 radical (unpaired) electrons. The molecule has 33 heavy (non-hydrogen) atoms. The lowest BCUT2D eigenvalue weighted by atomic mass is 10.1. The molecule has 0 aliphatic carbocycles. The van der Waals surface area contributed by atoms with Gasteiger partial charge in [-0.15, -0.1) is 5.10 Å². The summed E-state index contributed by atoms with van der Waals surface area (Å²) in [5, 5.41) is 15.1. The lowest BCUT2D eigenvalue weighted by molar-refractivity contribution is 0.414. The molecular weight excluding hydrogens is 442 g/mol. The van der Waals surface area contributed by atoms with Crippen molar-refractivity contribution in [1.82, 2.24) is 25.2 Å². The number of para-hydroxylation sites is 1. The first-order valence-corrected chi connectivity index (χ1v) is 11.6. The lowest BCUT2D eigenvalue weighted by Gasteiger charge is -2.26. The molecule has 0 fully saturated rings. The minimum Gasteiger partial charge on any atom is -0.497 e. The fraction of sp³-hybridized carbons (Fsp3) is 0.182. The molecule has 0 saturated heterocycles. The van der Waals surface area contributed by atoms with E-state index in [0.29, 0.717) is 34.3 Å². The molecule has 0 bridgehead atoms. The first-order valence-electron chi connectivity index (χ1n) is 10.1. The molecule has 1 N–H and O–H groups in total. The summed E-state index contributed by atoms with van der Waals surface area (Å²) < 4.78 is 36.0. The Bertz CT molecular complexity index is 1450. The molecule has 4 aromatic rings. The number of sulfonamides is 1. The molecule has 1 aliphatic rings. The molecule has 5 rings (SSSR count). The van der Waals surface area contributed by atoms with Crippen molar-refractivity contribution in [2.45, 2.75) is 18.4 Å². The van der Waals surface area contributed by atoms with Crippen LogP contribution in [0.3, 0.4) is 0 Å². The molecular formula is C22H21N7O3S. The highest BCUT2D eigenvalue weighted by Gasteiger charge is 2.33. The lowest BCUT2D eigenvalue weighted by Crippen LogP contribution is -2.31. The summed E-state index contributed by atoms with van der Waals surface area (Å²) in [4.78, 5) is 4.74. The van der Waals surface area contributed by atoms with E-state index >= 15 is 0 Å². The van der Waals surface area contributed by atoms with Gasteiger partial charge in [0.25, 0.3) is 10.0 Å². The van der Waals surface area contributed by atoms with Crippen LogP contribution in [0, 0.1) is 6.92 Å². The second-order valence-corrected chi connectivity index (χ2v) is 9.46. The van der Waals surface area contributed by atoms with Crippen LogP contribution in [0.15, 0.2) is 59.5 Å². The number of tetrazole rings is 1. The fourth-order valence-electron chi connectivity index (χ4n) is 3.81. The van der Waals surface area contributed by atoms with E-state index in [1.54, 1.807) is 25.2 Å². The molecule has 0 atom stereocenters. The molecule has 168 valence electrons. The number of rotatable bonds is 4. The van der Waals surface area contributed by atoms with E-state index in [1.807, 2.05) is 31.2 Å². The van der Waals surface area contributed by atoms with Crippen molar-refractivity contribution >= 4 is 27.2 Å². The summed E-state index contributed by atoms with van der Waals surface area (Å²) in [7, 11) is -0.727. The van der Waals surface area contributed by atoms with Crippen LogP contribution in [0.4, 0.5) is 17.2 Å². The average Bonchev–Trinajstić information content (AvgIpc) is 3.16. The van der Waals surface area contributed by atoms with Crippen LogP contribution in [0.25, 0.3) is 11.4 Å². The second kappa shape index (κ2) is 7.85. The largest absolute Gasteiger partial charge is 0.497 e. The number of ether oxygens (including phenoxy) is 1. The van der Waals surface area contributed by atoms with Crippen LogP contribution in [-0.4, -0.2) is 40.7 Å². The van der Waals surface area contributed by atoms with Gasteiger partial charge in [0.15, 0.2) is 5.82 Å². The van der Waals surface area contributed by atoms with Gasteiger partial charge in [0.05, 0.1) is 29.9 Å². The van der Waals surface area contributed by atoms with Gasteiger partial charge in [-0.1, -0.05) is 12.1 Å². The number of nitrogens with one attached hydrogen (secondary N) is 1. The SMILES string of the molecule is COc1ccc(S(=O)(=O)N2Cc3ccc(C)nc3Nc3cccc(-c4nnnn4C)c32)cc1. The Balaban J connectivity index is 1.76. The summed E-state index contributed by atoms with van der Waals surface area (Å²) in [6.07, 6.45) is 0. The standard InChI is InChI=1S/C22H21N7O3S/c1-14-7-8-15-13-29(33(30,31)17-11-9-16(32-3)10-12-17)20-18(22-25-26-27-28(22)2)5-4-6-19(20)24-21(15)23-14/h4-12H,13H2,1-3H3,(H,23,24). The Morgan fingerprint density at radius 2 is 1.85 bits per heavy atom. The topological polar surface area (TPSA) is 115 Å². The zero-order valence-corrected chi connectivity index (χ0v) is 19.0. The molecule has 11 heteroatoms. The predicted octanol–water partition coefficient (Wildman–Crippen LogP) is 3.04. The van der Waals surface area contributed by atoms with Gasteiger partial charge in [0.1, 0.15) is 11.6 Å². The molecule has 3 heterocycles. The number of hydrogen-bond donors (Lipinski definition) is 1. The van der Waals surface area contributed by atoms with Crippen molar-refractivity contribution in [3.8, 4) is 17.1 Å². The van der Waals surface area contributed by atoms with Crippen molar-refractivity contribution < 1.29 is 13.2 Å². The maximum atomic E-state index is 14.0. The summed E-state index contributed by atoms with van der Waals surface area (Å²) in [6.45, 7) is 1.97. The van der Waals surface area contributed by atoms with E-state index in [2.05, 4.69) is 25.8 Å². The normalized spacial score (nSPS) is 13.0. The highest BCUT2D eigenvalue weighted by molar-refractivity contribution is 7.92. The van der Waals surface area contributed by atoms with Gasteiger partial charge in [0.2, 0.25) is 0 Å². The van der Waals surface area contributed by atoms with Crippen molar-refractivity contribution in [1.29, 1.82) is 0 Å². The minimum atomic E-state index is -3.97. The van der Waals surface area contributed by atoms with Gasteiger partial charge >= 0.3 is 0 Å². The van der Waals surface area contributed by atoms with Crippen molar-refractivity contribution in [3.63, 3.8) is 0 Å². The number of aromatic nitrogens is 5. The first-order chi connectivity index (χ1) is 15.9. The molecule has 0 spiro atoms. The van der Waals surface area contributed by atoms with Crippen molar-refractivity contribution in [2.75, 3.05) is 16.7 Å². The summed E-state index contributed by atoms with van der Waals surface area (Å²) in [6, 6.07) is 15.5. The smallest absolute Gasteiger partial charge is 0.264 e. The van der Waals surface area contributed by atoms with E-state index in [0.717, 1.165) is 11.3 Å². The third-order valence-corrected chi connectivity index (χ3v) is 7.24. The van der Waals surface area contributed by atoms with Crippen LogP contribution in [-0.2, 0) is 23.6 Å². The molecule has 0 unspecified atom stereocenters. The zero-order valence-electron chi connectivity index (χ0n) is 18.2. The molecule has 2 aromatic carbocycles. The molecule has 1 aliphatic heterocycles. The van der Waals surface area contributed by atoms with Gasteiger partial charge < -0.3 is 10.1 Å². The maximum Gasteiger partial charge on any atom is 0.264 e. The van der Waals surface area contributed by atoms with E-state index in [1.165, 1.54) is 28.2 Å². The number of pyridine rings is 1. The third kappa shape index (κ3) is 3.55. The van der Waals surface area contributed by atoms with Gasteiger partial charge in [-0.05, 0) is 59.8 Å². The van der Waals surface area contributed by atoms with Gasteiger partial charge in [0, 0.05) is 23.9 Å². The Kier molecular flexibility index (Phi) is 4.97. The van der Waals surface area contributed by atoms with Gasteiger partial charge in [-0.2, -0.15) is 0 Å². The number of anilines is 3. The van der Waals surface area contributed by atoms with Gasteiger partial charge in [-0.25, -0.2) is 18.1 Å². The number of methoxy groups -OCH3 is 1. The molecule has 0 amide bonds. The number of fused-ring (bicyclic) bond motifs is 2. The van der Waals surface area contributed by atoms with Crippen molar-refractivity contribution in [3.05, 3.63) is 65.9 Å². The summed E-state index contributed by atoms with van der Waals surface area (Å²) >= 11 is 0. The molecule has 0 saturated carbocycles. The van der Waals surface area contributed by atoms with Crippen molar-refractivity contribution in [2.24, 2.45) is 7.05 Å². The minimum absolute atomic E-state index is 0.0826. The first kappa shape index (κ1) is 20.9. The zero-order chi connectivity index (χ0) is 23.2. The number of hydrogen-bond acceptors (Lipinski definition) is 8. The summed E-state index contributed by atoms with van der Waals surface area (Å²) in [5.74, 6) is 1.62. The number of aryl methyl sites for hydroxylation is 2. The Labute approximate surface area is 190 Å². The number of nitrogens with zero attached hydrogens (tertiary/aromatic N) is 6. The Morgan fingerprint density at radius 3 is 2.55 bits per heavy atom. The molecule has 2 aromatic heterocycles. The highest BCUT2D eigenvalue weighted by atomic mass is 32.2. The van der Waals surface area contributed by atoms with E-state index in [-0.39, 0.29) is 11.4 Å². The van der Waals surface area contributed by atoms with Crippen LogP contribution >= 0.6 is 0 Å². The Morgan fingerprint density at radius 1 is 1.06 bits per heavy atom. The maximum absolute atomic E-state index is 14.0.